The molecule has 2 aromatic rings. The number of imide groups is 1. The Balaban J connectivity index is 1.33. The molecule has 9 nitrogen and oxygen atoms in total. The molecule has 11 heteroatoms. The van der Waals surface area contributed by atoms with E-state index in [9.17, 15) is 14.9 Å². The second-order valence-corrected chi connectivity index (χ2v) is 9.65. The SMILES string of the molecule is Cc1c(N2C(=O)C3CN4CC(C(=S)Nc5ccc6c(c5)OCO6)[N+]3(C4)C2=O)ccc(C#N)c1Cl. The van der Waals surface area contributed by atoms with Crippen LogP contribution in [0.5, 0.6) is 11.5 Å². The van der Waals surface area contributed by atoms with E-state index in [1.165, 1.54) is 11.0 Å². The number of carbonyl (C=O) groups excluding carboxylic acids is 2. The van der Waals surface area contributed by atoms with Gasteiger partial charge in [-0.3, -0.25) is 4.79 Å². The van der Waals surface area contributed by atoms with Crippen molar-refractivity contribution in [1.29, 1.82) is 5.26 Å². The number of amides is 3. The number of piperazine rings is 1. The van der Waals surface area contributed by atoms with E-state index in [1.807, 2.05) is 12.1 Å². The van der Waals surface area contributed by atoms with Gasteiger partial charge in [-0.05, 0) is 36.8 Å². The predicted octanol–water partition coefficient (Wildman–Crippen LogP) is 3.00. The van der Waals surface area contributed by atoms with Crippen LogP contribution in [0.15, 0.2) is 30.3 Å². The first kappa shape index (κ1) is 21.3. The molecule has 6 rings (SSSR count). The van der Waals surface area contributed by atoms with E-state index in [-0.39, 0.29) is 34.3 Å². The second-order valence-electron chi connectivity index (χ2n) is 8.84. The maximum Gasteiger partial charge on any atom is 0.433 e. The summed E-state index contributed by atoms with van der Waals surface area (Å²) in [6, 6.07) is 9.38. The highest BCUT2D eigenvalue weighted by atomic mass is 35.5. The van der Waals surface area contributed by atoms with Crippen LogP contribution in [-0.2, 0) is 4.79 Å². The number of quaternary nitrogens is 1. The Kier molecular flexibility index (Phi) is 4.63. The molecule has 3 saturated heterocycles. The normalized spacial score (nSPS) is 28.3. The number of nitrogens with zero attached hydrogens (tertiary/aromatic N) is 4. The number of thiocarbonyl (C=S) groups is 1. The quantitative estimate of drug-likeness (QED) is 0.394. The third kappa shape index (κ3) is 2.75. The smallest absolute Gasteiger partial charge is 0.433 e. The fourth-order valence-corrected chi connectivity index (χ4v) is 6.05. The summed E-state index contributed by atoms with van der Waals surface area (Å²) in [6.45, 7) is 3.37. The molecule has 4 heterocycles. The summed E-state index contributed by atoms with van der Waals surface area (Å²) >= 11 is 12.1. The number of fused-ring (bicyclic) bond motifs is 2. The molecule has 0 aliphatic carbocycles. The van der Waals surface area contributed by atoms with Gasteiger partial charge in [0, 0.05) is 11.8 Å². The Labute approximate surface area is 205 Å². The summed E-state index contributed by atoms with van der Waals surface area (Å²) in [5.74, 6) is 1.02. The first-order valence-electron chi connectivity index (χ1n) is 10.7. The highest BCUT2D eigenvalue weighted by Gasteiger charge is 2.73. The second kappa shape index (κ2) is 7.38. The molecule has 2 aromatic carbocycles. The van der Waals surface area contributed by atoms with Crippen molar-refractivity contribution in [2.45, 2.75) is 19.0 Å². The van der Waals surface area contributed by atoms with Crippen molar-refractivity contribution < 1.29 is 23.5 Å². The van der Waals surface area contributed by atoms with Crippen LogP contribution >= 0.6 is 23.8 Å². The highest BCUT2D eigenvalue weighted by molar-refractivity contribution is 7.80. The van der Waals surface area contributed by atoms with Gasteiger partial charge in [-0.2, -0.15) is 10.2 Å². The van der Waals surface area contributed by atoms with E-state index in [4.69, 9.17) is 33.3 Å². The van der Waals surface area contributed by atoms with Crippen molar-refractivity contribution in [2.24, 2.45) is 0 Å². The number of benzene rings is 2. The number of nitrogens with one attached hydrogen (secondary N) is 1. The summed E-state index contributed by atoms with van der Waals surface area (Å²) in [5.41, 5.74) is 1.96. The first-order valence-corrected chi connectivity index (χ1v) is 11.5. The van der Waals surface area contributed by atoms with E-state index in [1.54, 1.807) is 25.1 Å². The van der Waals surface area contributed by atoms with E-state index in [2.05, 4.69) is 10.2 Å². The van der Waals surface area contributed by atoms with Gasteiger partial charge in [0.1, 0.15) is 17.7 Å². The van der Waals surface area contributed by atoms with E-state index >= 15 is 0 Å². The zero-order valence-corrected chi connectivity index (χ0v) is 19.7. The van der Waals surface area contributed by atoms with E-state index in [0.717, 1.165) is 5.69 Å². The monoisotopic (exact) mass is 496 g/mol. The summed E-state index contributed by atoms with van der Waals surface area (Å²) in [5, 5.41) is 12.7. The van der Waals surface area contributed by atoms with Crippen molar-refractivity contribution in [3.8, 4) is 17.6 Å². The van der Waals surface area contributed by atoms with Gasteiger partial charge in [0.05, 0.1) is 29.4 Å². The molecular weight excluding hydrogens is 478 g/mol. The molecule has 0 saturated carbocycles. The molecular formula is C23H19ClN5O4S+. The van der Waals surface area contributed by atoms with Gasteiger partial charge in [-0.1, -0.05) is 23.8 Å². The molecule has 2 bridgehead atoms. The van der Waals surface area contributed by atoms with Gasteiger partial charge in [-0.15, -0.1) is 0 Å². The molecule has 0 aromatic heterocycles. The molecule has 4 aliphatic heterocycles. The zero-order chi connectivity index (χ0) is 23.8. The number of halogens is 1. The third-order valence-electron chi connectivity index (χ3n) is 7.12. The zero-order valence-electron chi connectivity index (χ0n) is 18.1. The van der Waals surface area contributed by atoms with Crippen molar-refractivity contribution in [3.05, 3.63) is 46.5 Å². The first-order chi connectivity index (χ1) is 16.3. The van der Waals surface area contributed by atoms with Crippen LogP contribution < -0.4 is 19.7 Å². The fraction of sp³-hybridized carbons (Fsp3) is 0.304. The minimum atomic E-state index is -0.545. The largest absolute Gasteiger partial charge is 0.454 e. The number of hydrogen-bond acceptors (Lipinski definition) is 7. The molecule has 1 spiro atoms. The number of hydrogen-bond donors (Lipinski definition) is 1. The molecule has 0 radical (unpaired) electrons. The maximum absolute atomic E-state index is 13.9. The minimum absolute atomic E-state index is 0.0632. The summed E-state index contributed by atoms with van der Waals surface area (Å²) in [7, 11) is 0. The number of rotatable bonds is 3. The van der Waals surface area contributed by atoms with Gasteiger partial charge in [0.2, 0.25) is 6.79 Å². The van der Waals surface area contributed by atoms with Crippen LogP contribution in [0.4, 0.5) is 16.2 Å². The molecule has 34 heavy (non-hydrogen) atoms. The van der Waals surface area contributed by atoms with Gasteiger partial charge in [0.25, 0.3) is 5.91 Å². The Bertz CT molecular complexity index is 1340. The average molecular weight is 497 g/mol. The predicted molar refractivity (Wildman–Crippen MR) is 127 cm³/mol. The Morgan fingerprint density at radius 3 is 2.82 bits per heavy atom. The van der Waals surface area contributed by atoms with Crippen LogP contribution in [0.1, 0.15) is 11.1 Å². The summed E-state index contributed by atoms with van der Waals surface area (Å²) in [6.07, 6.45) is 0. The van der Waals surface area contributed by atoms with E-state index in [0.29, 0.717) is 53.1 Å². The molecule has 4 aliphatic rings. The maximum atomic E-state index is 13.9. The number of ether oxygens (including phenoxy) is 2. The van der Waals surface area contributed by atoms with Crippen LogP contribution in [0.2, 0.25) is 5.02 Å². The lowest BCUT2D eigenvalue weighted by Gasteiger charge is -2.34. The molecule has 3 amide bonds. The Morgan fingerprint density at radius 2 is 2.03 bits per heavy atom. The third-order valence-corrected chi connectivity index (χ3v) is 7.98. The lowest BCUT2D eigenvalue weighted by atomic mass is 10.1. The standard InChI is InChI=1S/C23H18ClN5O4S/c1-12-15(4-2-13(7-25)20(12)24)28-22(30)17-9-27-8-16(29(17,10-27)23(28)31)21(34)26-14-3-5-18-19(6-14)33-11-32-18/h2-6,16-17H,8-11H2,1H3/p+1. The topological polar surface area (TPSA) is 94.9 Å². The molecule has 4 unspecified atom stereocenters. The highest BCUT2D eigenvalue weighted by Crippen LogP contribution is 2.45. The van der Waals surface area contributed by atoms with Gasteiger partial charge in [0.15, 0.2) is 23.6 Å². The number of anilines is 2. The molecule has 172 valence electrons. The Hall–Kier alpha value is -3.23. The van der Waals surface area contributed by atoms with Crippen molar-refractivity contribution in [3.63, 3.8) is 0 Å². The van der Waals surface area contributed by atoms with Crippen LogP contribution in [-0.4, -0.2) is 64.9 Å². The van der Waals surface area contributed by atoms with Crippen LogP contribution in [0.3, 0.4) is 0 Å². The minimum Gasteiger partial charge on any atom is -0.454 e. The number of nitriles is 1. The van der Waals surface area contributed by atoms with Crippen LogP contribution in [0, 0.1) is 18.3 Å². The number of carbonyl (C=O) groups is 2. The fourth-order valence-electron chi connectivity index (χ4n) is 5.46. The molecule has 3 fully saturated rings. The lowest BCUT2D eigenvalue weighted by Crippen LogP contribution is -2.63. The lowest BCUT2D eigenvalue weighted by molar-refractivity contribution is -0.851. The van der Waals surface area contributed by atoms with E-state index < -0.39 is 6.04 Å². The molecule has 1 N–H and O–H groups in total. The van der Waals surface area contributed by atoms with Gasteiger partial charge < -0.3 is 14.8 Å². The van der Waals surface area contributed by atoms with Crippen molar-refractivity contribution in [2.75, 3.05) is 36.8 Å². The molecule has 4 atom stereocenters. The van der Waals surface area contributed by atoms with Crippen molar-refractivity contribution in [1.82, 2.24) is 4.90 Å². The van der Waals surface area contributed by atoms with Crippen LogP contribution in [0.25, 0.3) is 0 Å². The Morgan fingerprint density at radius 1 is 1.24 bits per heavy atom. The number of urea groups is 1. The summed E-state index contributed by atoms with van der Waals surface area (Å²) < 4.78 is 10.7. The van der Waals surface area contributed by atoms with Gasteiger partial charge in [-0.25, -0.2) is 14.2 Å². The average Bonchev–Trinajstić information content (AvgIpc) is 3.58. The van der Waals surface area contributed by atoms with Gasteiger partial charge >= 0.3 is 6.03 Å². The summed E-state index contributed by atoms with van der Waals surface area (Å²) in [4.78, 5) is 31.3. The van der Waals surface area contributed by atoms with Crippen molar-refractivity contribution >= 4 is 52.1 Å².